The van der Waals surface area contributed by atoms with Crippen molar-refractivity contribution in [2.45, 2.75) is 0 Å². The quantitative estimate of drug-likeness (QED) is 0.562. The SMILES string of the molecule is Oc1cc2c(ccc3ccccc32)c(O)n1. The first kappa shape index (κ1) is 8.97. The maximum atomic E-state index is 9.64. The van der Waals surface area contributed by atoms with Crippen molar-refractivity contribution in [1.82, 2.24) is 4.98 Å². The van der Waals surface area contributed by atoms with Crippen LogP contribution in [0.25, 0.3) is 21.5 Å². The van der Waals surface area contributed by atoms with Crippen molar-refractivity contribution in [2.75, 3.05) is 0 Å². The highest BCUT2D eigenvalue weighted by Gasteiger charge is 2.06. The Kier molecular flexibility index (Phi) is 1.74. The molecule has 3 heteroatoms. The van der Waals surface area contributed by atoms with Crippen LogP contribution in [0.1, 0.15) is 0 Å². The van der Waals surface area contributed by atoms with E-state index in [0.717, 1.165) is 16.2 Å². The molecule has 78 valence electrons. The summed E-state index contributed by atoms with van der Waals surface area (Å²) in [5.74, 6) is -0.304. The van der Waals surface area contributed by atoms with Crippen molar-refractivity contribution >= 4 is 21.5 Å². The average Bonchev–Trinajstić information content (AvgIpc) is 2.28. The molecule has 1 heterocycles. The summed E-state index contributed by atoms with van der Waals surface area (Å²) in [4.78, 5) is 3.62. The van der Waals surface area contributed by atoms with Crippen LogP contribution in [0, 0.1) is 0 Å². The number of pyridine rings is 1. The lowest BCUT2D eigenvalue weighted by molar-refractivity contribution is 0.418. The Hall–Kier alpha value is -2.29. The maximum Gasteiger partial charge on any atom is 0.222 e. The third-order valence-corrected chi connectivity index (χ3v) is 2.71. The van der Waals surface area contributed by atoms with E-state index in [1.54, 1.807) is 12.1 Å². The fourth-order valence-corrected chi connectivity index (χ4v) is 1.98. The van der Waals surface area contributed by atoms with Crippen LogP contribution in [0.5, 0.6) is 11.8 Å². The highest BCUT2D eigenvalue weighted by Crippen LogP contribution is 2.31. The second kappa shape index (κ2) is 3.10. The van der Waals surface area contributed by atoms with Gasteiger partial charge in [0.15, 0.2) is 0 Å². The Labute approximate surface area is 91.6 Å². The molecule has 0 aliphatic rings. The fraction of sp³-hybridized carbons (Fsp3) is 0. The summed E-state index contributed by atoms with van der Waals surface area (Å²) in [6.45, 7) is 0. The third kappa shape index (κ3) is 1.18. The molecule has 3 aromatic rings. The highest BCUT2D eigenvalue weighted by molar-refractivity contribution is 6.09. The topological polar surface area (TPSA) is 53.4 Å². The van der Waals surface area contributed by atoms with E-state index in [0.29, 0.717) is 5.39 Å². The van der Waals surface area contributed by atoms with Gasteiger partial charge in [0.1, 0.15) is 0 Å². The predicted molar refractivity (Wildman–Crippen MR) is 62.6 cm³/mol. The Morgan fingerprint density at radius 2 is 1.62 bits per heavy atom. The molecule has 0 spiro atoms. The van der Waals surface area contributed by atoms with E-state index >= 15 is 0 Å². The van der Waals surface area contributed by atoms with Gasteiger partial charge in [-0.2, -0.15) is 4.98 Å². The van der Waals surface area contributed by atoms with Gasteiger partial charge >= 0.3 is 0 Å². The van der Waals surface area contributed by atoms with E-state index in [4.69, 9.17) is 0 Å². The van der Waals surface area contributed by atoms with Gasteiger partial charge in [-0.1, -0.05) is 30.3 Å². The molecule has 0 unspecified atom stereocenters. The fourth-order valence-electron chi connectivity index (χ4n) is 1.98. The first-order chi connectivity index (χ1) is 7.75. The normalized spacial score (nSPS) is 11.0. The molecule has 0 fully saturated rings. The van der Waals surface area contributed by atoms with Gasteiger partial charge in [-0.05, 0) is 16.8 Å². The molecule has 0 saturated carbocycles. The summed E-state index contributed by atoms with van der Waals surface area (Å²) in [6.07, 6.45) is 0. The smallest absolute Gasteiger partial charge is 0.222 e. The molecule has 1 aromatic heterocycles. The van der Waals surface area contributed by atoms with Crippen molar-refractivity contribution in [1.29, 1.82) is 0 Å². The summed E-state index contributed by atoms with van der Waals surface area (Å²) >= 11 is 0. The molecule has 2 aromatic carbocycles. The van der Waals surface area contributed by atoms with Gasteiger partial charge in [-0.3, -0.25) is 0 Å². The van der Waals surface area contributed by atoms with Crippen LogP contribution in [0.4, 0.5) is 0 Å². The zero-order chi connectivity index (χ0) is 11.1. The first-order valence-corrected chi connectivity index (χ1v) is 4.96. The van der Waals surface area contributed by atoms with Crippen LogP contribution in [0.15, 0.2) is 42.5 Å². The first-order valence-electron chi connectivity index (χ1n) is 4.96. The molecule has 2 N–H and O–H groups in total. The lowest BCUT2D eigenvalue weighted by Gasteiger charge is -2.05. The summed E-state index contributed by atoms with van der Waals surface area (Å²) < 4.78 is 0. The maximum absolute atomic E-state index is 9.64. The van der Waals surface area contributed by atoms with Gasteiger partial charge in [0, 0.05) is 16.8 Å². The number of aromatic hydroxyl groups is 2. The molecule has 0 bridgehead atoms. The molecule has 0 aliphatic carbocycles. The lowest BCUT2D eigenvalue weighted by atomic mass is 10.0. The monoisotopic (exact) mass is 211 g/mol. The van der Waals surface area contributed by atoms with E-state index in [2.05, 4.69) is 4.98 Å². The van der Waals surface area contributed by atoms with Crippen LogP contribution in [-0.4, -0.2) is 15.2 Å². The van der Waals surface area contributed by atoms with Gasteiger partial charge in [0.05, 0.1) is 0 Å². The van der Waals surface area contributed by atoms with Gasteiger partial charge in [0.25, 0.3) is 0 Å². The third-order valence-electron chi connectivity index (χ3n) is 2.71. The zero-order valence-electron chi connectivity index (χ0n) is 8.38. The second-order valence-corrected chi connectivity index (χ2v) is 3.69. The van der Waals surface area contributed by atoms with E-state index < -0.39 is 0 Å². The Bertz CT molecular complexity index is 692. The zero-order valence-corrected chi connectivity index (χ0v) is 8.38. The van der Waals surface area contributed by atoms with Gasteiger partial charge in [-0.15, -0.1) is 0 Å². The van der Waals surface area contributed by atoms with Crippen molar-refractivity contribution in [2.24, 2.45) is 0 Å². The van der Waals surface area contributed by atoms with Crippen LogP contribution >= 0.6 is 0 Å². The summed E-state index contributed by atoms with van der Waals surface area (Å²) in [5.41, 5.74) is 0. The second-order valence-electron chi connectivity index (χ2n) is 3.69. The molecule has 0 amide bonds. The number of rotatable bonds is 0. The molecule has 0 atom stereocenters. The van der Waals surface area contributed by atoms with Crippen LogP contribution in [0.2, 0.25) is 0 Å². The number of hydrogen-bond acceptors (Lipinski definition) is 3. The molecule has 16 heavy (non-hydrogen) atoms. The number of aromatic nitrogens is 1. The van der Waals surface area contributed by atoms with Crippen molar-refractivity contribution in [3.8, 4) is 11.8 Å². The Morgan fingerprint density at radius 3 is 2.50 bits per heavy atom. The van der Waals surface area contributed by atoms with Crippen molar-refractivity contribution in [3.05, 3.63) is 42.5 Å². The van der Waals surface area contributed by atoms with Crippen LogP contribution in [0.3, 0.4) is 0 Å². The van der Waals surface area contributed by atoms with Gasteiger partial charge in [0.2, 0.25) is 11.8 Å². The number of benzene rings is 2. The van der Waals surface area contributed by atoms with E-state index in [-0.39, 0.29) is 11.8 Å². The molecular weight excluding hydrogens is 202 g/mol. The number of nitrogens with zero attached hydrogens (tertiary/aromatic N) is 1. The summed E-state index contributed by atoms with van der Waals surface area (Å²) in [7, 11) is 0. The minimum Gasteiger partial charge on any atom is -0.493 e. The van der Waals surface area contributed by atoms with Crippen LogP contribution < -0.4 is 0 Å². The molecule has 0 saturated heterocycles. The van der Waals surface area contributed by atoms with Gasteiger partial charge < -0.3 is 10.2 Å². The lowest BCUT2D eigenvalue weighted by Crippen LogP contribution is -1.82. The highest BCUT2D eigenvalue weighted by atomic mass is 16.3. The number of hydrogen-bond donors (Lipinski definition) is 2. The van der Waals surface area contributed by atoms with Gasteiger partial charge in [-0.25, -0.2) is 0 Å². The van der Waals surface area contributed by atoms with Crippen LogP contribution in [-0.2, 0) is 0 Å². The van der Waals surface area contributed by atoms with Crippen molar-refractivity contribution < 1.29 is 10.2 Å². The molecular formula is C13H9NO2. The minimum absolute atomic E-state index is 0.138. The number of fused-ring (bicyclic) bond motifs is 3. The molecule has 0 radical (unpaired) electrons. The van der Waals surface area contributed by atoms with E-state index in [1.165, 1.54) is 0 Å². The molecule has 3 nitrogen and oxygen atoms in total. The predicted octanol–water partition coefficient (Wildman–Crippen LogP) is 2.80. The summed E-state index contributed by atoms with van der Waals surface area (Å²) in [6, 6.07) is 13.1. The Balaban J connectivity index is 2.59. The molecule has 3 rings (SSSR count). The summed E-state index contributed by atoms with van der Waals surface area (Å²) in [5, 5.41) is 22.6. The Morgan fingerprint density at radius 1 is 0.812 bits per heavy atom. The van der Waals surface area contributed by atoms with Crippen molar-refractivity contribution in [3.63, 3.8) is 0 Å². The van der Waals surface area contributed by atoms with E-state index in [1.807, 2.05) is 30.3 Å². The average molecular weight is 211 g/mol. The standard InChI is InChI=1S/C13H9NO2/c15-12-7-11-9-4-2-1-3-8(9)5-6-10(11)13(16)14-12/h1-7H,(H2,14,15,16). The van der Waals surface area contributed by atoms with E-state index in [9.17, 15) is 10.2 Å². The largest absolute Gasteiger partial charge is 0.493 e. The minimum atomic E-state index is -0.165. The molecule has 0 aliphatic heterocycles.